The Morgan fingerprint density at radius 2 is 2.09 bits per heavy atom. The number of hydrogen-bond donors (Lipinski definition) is 2. The van der Waals surface area contributed by atoms with Crippen LogP contribution < -0.4 is 15.4 Å². The second-order valence-electron chi connectivity index (χ2n) is 5.26. The summed E-state index contributed by atoms with van der Waals surface area (Å²) in [6, 6.07) is 11.3. The zero-order chi connectivity index (χ0) is 15.4. The van der Waals surface area contributed by atoms with Gasteiger partial charge in [0.25, 0.3) is 0 Å². The molecule has 5 heteroatoms. The van der Waals surface area contributed by atoms with Crippen LogP contribution >= 0.6 is 0 Å². The van der Waals surface area contributed by atoms with Gasteiger partial charge < -0.3 is 15.4 Å². The maximum atomic E-state index is 12.3. The van der Waals surface area contributed by atoms with Gasteiger partial charge in [0.05, 0.1) is 12.1 Å². The van der Waals surface area contributed by atoms with Crippen molar-refractivity contribution in [3.63, 3.8) is 0 Å². The Hall–Kier alpha value is -2.56. The standard InChI is InChI=1S/C17H19N3O2/c1-2-14(12-7-9-18-10-8-12)19-17(21)20-15-11-22-16-6-4-3-5-13(15)16/h3-10,14-15H,2,11H2,1H3,(H2,19,20,21). The number of benzene rings is 1. The molecule has 1 aromatic heterocycles. The van der Waals surface area contributed by atoms with Crippen molar-refractivity contribution in [1.82, 2.24) is 15.6 Å². The van der Waals surface area contributed by atoms with Crippen LogP contribution in [0.1, 0.15) is 36.6 Å². The molecule has 5 nitrogen and oxygen atoms in total. The Labute approximate surface area is 129 Å². The van der Waals surface area contributed by atoms with Crippen LogP contribution in [-0.4, -0.2) is 17.6 Å². The molecule has 2 atom stereocenters. The first-order valence-corrected chi connectivity index (χ1v) is 7.46. The zero-order valence-corrected chi connectivity index (χ0v) is 12.5. The van der Waals surface area contributed by atoms with Crippen LogP contribution in [-0.2, 0) is 0 Å². The van der Waals surface area contributed by atoms with Crippen molar-refractivity contribution < 1.29 is 9.53 Å². The molecule has 114 valence electrons. The fourth-order valence-corrected chi connectivity index (χ4v) is 2.66. The van der Waals surface area contributed by atoms with E-state index in [9.17, 15) is 4.79 Å². The number of ether oxygens (including phenoxy) is 1. The van der Waals surface area contributed by atoms with E-state index in [0.29, 0.717) is 6.61 Å². The van der Waals surface area contributed by atoms with E-state index in [1.807, 2.05) is 43.3 Å². The molecule has 22 heavy (non-hydrogen) atoms. The van der Waals surface area contributed by atoms with E-state index in [2.05, 4.69) is 15.6 Å². The summed E-state index contributed by atoms with van der Waals surface area (Å²) in [7, 11) is 0. The van der Waals surface area contributed by atoms with Gasteiger partial charge in [0.1, 0.15) is 12.4 Å². The number of pyridine rings is 1. The van der Waals surface area contributed by atoms with E-state index >= 15 is 0 Å². The number of carbonyl (C=O) groups excluding carboxylic acids is 1. The minimum Gasteiger partial charge on any atom is -0.491 e. The van der Waals surface area contributed by atoms with Gasteiger partial charge in [-0.3, -0.25) is 4.98 Å². The van der Waals surface area contributed by atoms with Crippen LogP contribution in [0, 0.1) is 0 Å². The molecule has 0 aliphatic carbocycles. The molecular formula is C17H19N3O2. The van der Waals surface area contributed by atoms with Crippen molar-refractivity contribution >= 4 is 6.03 Å². The van der Waals surface area contributed by atoms with Crippen LogP contribution in [0.3, 0.4) is 0 Å². The molecule has 2 aromatic rings. The minimum atomic E-state index is -0.186. The Kier molecular flexibility index (Phi) is 4.23. The Bertz CT molecular complexity index is 639. The molecule has 1 aliphatic rings. The second kappa shape index (κ2) is 6.47. The van der Waals surface area contributed by atoms with Crippen molar-refractivity contribution in [2.24, 2.45) is 0 Å². The second-order valence-corrected chi connectivity index (χ2v) is 5.26. The molecule has 3 rings (SSSR count). The molecule has 2 N–H and O–H groups in total. The molecule has 2 amide bonds. The third-order valence-electron chi connectivity index (χ3n) is 3.83. The van der Waals surface area contributed by atoms with Crippen LogP contribution in [0.4, 0.5) is 4.79 Å². The van der Waals surface area contributed by atoms with Gasteiger partial charge >= 0.3 is 6.03 Å². The molecule has 0 saturated heterocycles. The van der Waals surface area contributed by atoms with E-state index in [0.717, 1.165) is 23.3 Å². The predicted octanol–water partition coefficient (Wildman–Crippen LogP) is 2.97. The van der Waals surface area contributed by atoms with Gasteiger partial charge in [-0.1, -0.05) is 25.1 Å². The maximum absolute atomic E-state index is 12.3. The molecule has 0 spiro atoms. The molecular weight excluding hydrogens is 278 g/mol. The summed E-state index contributed by atoms with van der Waals surface area (Å²) in [6.45, 7) is 2.51. The van der Waals surface area contributed by atoms with Crippen LogP contribution in [0.2, 0.25) is 0 Å². The fraction of sp³-hybridized carbons (Fsp3) is 0.294. The summed E-state index contributed by atoms with van der Waals surface area (Å²) >= 11 is 0. The monoisotopic (exact) mass is 297 g/mol. The normalized spacial score (nSPS) is 17.2. The minimum absolute atomic E-state index is 0.0273. The Morgan fingerprint density at radius 1 is 1.32 bits per heavy atom. The van der Waals surface area contributed by atoms with Gasteiger partial charge in [-0.2, -0.15) is 0 Å². The highest BCUT2D eigenvalue weighted by molar-refractivity contribution is 5.75. The summed E-state index contributed by atoms with van der Waals surface area (Å²) in [5.74, 6) is 0.842. The highest BCUT2D eigenvalue weighted by Gasteiger charge is 2.25. The molecule has 0 fully saturated rings. The lowest BCUT2D eigenvalue weighted by atomic mass is 10.1. The first kappa shape index (κ1) is 14.4. The number of urea groups is 1. The molecule has 0 bridgehead atoms. The van der Waals surface area contributed by atoms with Gasteiger partial charge in [-0.15, -0.1) is 0 Å². The van der Waals surface area contributed by atoms with Crippen LogP contribution in [0.25, 0.3) is 0 Å². The number of aromatic nitrogens is 1. The molecule has 2 unspecified atom stereocenters. The van der Waals surface area contributed by atoms with Gasteiger partial charge in [0.15, 0.2) is 0 Å². The third kappa shape index (κ3) is 3.03. The molecule has 1 aromatic carbocycles. The van der Waals surface area contributed by atoms with Gasteiger partial charge in [-0.25, -0.2) is 4.79 Å². The van der Waals surface area contributed by atoms with Crippen LogP contribution in [0.15, 0.2) is 48.8 Å². The van der Waals surface area contributed by atoms with E-state index in [-0.39, 0.29) is 18.1 Å². The van der Waals surface area contributed by atoms with E-state index < -0.39 is 0 Å². The number of para-hydroxylation sites is 1. The van der Waals surface area contributed by atoms with E-state index in [1.165, 1.54) is 0 Å². The van der Waals surface area contributed by atoms with Gasteiger partial charge in [0.2, 0.25) is 0 Å². The number of carbonyl (C=O) groups is 1. The Morgan fingerprint density at radius 3 is 2.86 bits per heavy atom. The molecule has 1 aliphatic heterocycles. The van der Waals surface area contributed by atoms with Gasteiger partial charge in [-0.05, 0) is 30.2 Å². The van der Waals surface area contributed by atoms with Crippen molar-refractivity contribution in [1.29, 1.82) is 0 Å². The summed E-state index contributed by atoms with van der Waals surface area (Å²) in [5.41, 5.74) is 2.07. The summed E-state index contributed by atoms with van der Waals surface area (Å²) in [5, 5.41) is 5.99. The number of nitrogens with zero attached hydrogens (tertiary/aromatic N) is 1. The quantitative estimate of drug-likeness (QED) is 0.912. The Balaban J connectivity index is 1.63. The van der Waals surface area contributed by atoms with Crippen molar-refractivity contribution in [3.8, 4) is 5.75 Å². The highest BCUT2D eigenvalue weighted by atomic mass is 16.5. The third-order valence-corrected chi connectivity index (χ3v) is 3.83. The van der Waals surface area contributed by atoms with Crippen molar-refractivity contribution in [3.05, 3.63) is 59.9 Å². The molecule has 2 heterocycles. The number of amides is 2. The lowest BCUT2D eigenvalue weighted by molar-refractivity contribution is 0.228. The van der Waals surface area contributed by atoms with Crippen molar-refractivity contribution in [2.45, 2.75) is 25.4 Å². The summed E-state index contributed by atoms with van der Waals surface area (Å²) < 4.78 is 5.58. The van der Waals surface area contributed by atoms with E-state index in [1.54, 1.807) is 12.4 Å². The first-order valence-electron chi connectivity index (χ1n) is 7.46. The average Bonchev–Trinajstić information content (AvgIpc) is 2.96. The fourth-order valence-electron chi connectivity index (χ4n) is 2.66. The topological polar surface area (TPSA) is 63.2 Å². The lowest BCUT2D eigenvalue weighted by Crippen LogP contribution is -2.40. The number of nitrogens with one attached hydrogen (secondary N) is 2. The highest BCUT2D eigenvalue weighted by Crippen LogP contribution is 2.31. The zero-order valence-electron chi connectivity index (χ0n) is 12.5. The first-order chi connectivity index (χ1) is 10.8. The SMILES string of the molecule is CCC(NC(=O)NC1COc2ccccc21)c1ccncc1. The summed E-state index contributed by atoms with van der Waals surface area (Å²) in [6.07, 6.45) is 4.28. The number of fused-ring (bicyclic) bond motifs is 1. The van der Waals surface area contributed by atoms with E-state index in [4.69, 9.17) is 4.74 Å². The smallest absolute Gasteiger partial charge is 0.315 e. The largest absolute Gasteiger partial charge is 0.491 e. The van der Waals surface area contributed by atoms with Crippen LogP contribution in [0.5, 0.6) is 5.75 Å². The predicted molar refractivity (Wildman–Crippen MR) is 83.6 cm³/mol. The lowest BCUT2D eigenvalue weighted by Gasteiger charge is -2.19. The molecule has 0 saturated carbocycles. The van der Waals surface area contributed by atoms with Gasteiger partial charge in [0, 0.05) is 18.0 Å². The number of rotatable bonds is 4. The van der Waals surface area contributed by atoms with Crippen molar-refractivity contribution in [2.75, 3.05) is 6.61 Å². The maximum Gasteiger partial charge on any atom is 0.315 e. The molecule has 0 radical (unpaired) electrons. The average molecular weight is 297 g/mol. The summed E-state index contributed by atoms with van der Waals surface area (Å²) in [4.78, 5) is 16.3. The number of hydrogen-bond acceptors (Lipinski definition) is 3.